The molecule has 2 amide bonds. The van der Waals surface area contributed by atoms with Crippen molar-refractivity contribution in [1.82, 2.24) is 14.9 Å². The maximum Gasteiger partial charge on any atom is 0.387 e. The molecule has 0 aliphatic rings. The van der Waals surface area contributed by atoms with E-state index < -0.39 is 6.61 Å². The Morgan fingerprint density at radius 1 is 1.15 bits per heavy atom. The molecule has 0 unspecified atom stereocenters. The molecule has 1 aromatic heterocycles. The zero-order valence-electron chi connectivity index (χ0n) is 18.0. The van der Waals surface area contributed by atoms with Crippen molar-refractivity contribution in [3.05, 3.63) is 72.3 Å². The third-order valence-electron chi connectivity index (χ3n) is 4.71. The largest absolute Gasteiger partial charge is 0.493 e. The van der Waals surface area contributed by atoms with E-state index in [0.29, 0.717) is 29.8 Å². The fourth-order valence-electron chi connectivity index (χ4n) is 3.10. The SMILES string of the molecule is COc1ccc(CCNC(=O)c2cccc(NC(=O)CCn3ccnc3)c2)cc1OC(F)F. The summed E-state index contributed by atoms with van der Waals surface area (Å²) in [5, 5.41) is 5.55. The molecule has 0 atom stereocenters. The predicted octanol–water partition coefficient (Wildman–Crippen LogP) is 3.49. The van der Waals surface area contributed by atoms with Crippen LogP contribution in [-0.4, -0.2) is 41.6 Å². The molecule has 0 saturated carbocycles. The van der Waals surface area contributed by atoms with Crippen LogP contribution in [-0.2, 0) is 17.8 Å². The van der Waals surface area contributed by atoms with E-state index in [1.807, 2.05) is 0 Å². The molecule has 1 heterocycles. The predicted molar refractivity (Wildman–Crippen MR) is 118 cm³/mol. The highest BCUT2D eigenvalue weighted by Gasteiger charge is 2.12. The Morgan fingerprint density at radius 2 is 2.00 bits per heavy atom. The van der Waals surface area contributed by atoms with E-state index in [0.717, 1.165) is 0 Å². The van der Waals surface area contributed by atoms with Crippen LogP contribution in [0, 0.1) is 0 Å². The smallest absolute Gasteiger partial charge is 0.387 e. The summed E-state index contributed by atoms with van der Waals surface area (Å²) >= 11 is 0. The van der Waals surface area contributed by atoms with E-state index in [9.17, 15) is 18.4 Å². The second-order valence-electron chi connectivity index (χ2n) is 7.05. The molecule has 0 bridgehead atoms. The number of ether oxygens (including phenoxy) is 2. The van der Waals surface area contributed by atoms with Crippen LogP contribution in [0.2, 0.25) is 0 Å². The van der Waals surface area contributed by atoms with Gasteiger partial charge in [0.1, 0.15) is 0 Å². The minimum Gasteiger partial charge on any atom is -0.493 e. The van der Waals surface area contributed by atoms with E-state index in [1.165, 1.54) is 19.2 Å². The van der Waals surface area contributed by atoms with Crippen LogP contribution in [0.15, 0.2) is 61.2 Å². The summed E-state index contributed by atoms with van der Waals surface area (Å²) in [4.78, 5) is 28.6. The standard InChI is InChI=1S/C23H24F2N4O4/c1-32-19-6-5-16(13-20(19)33-23(24)25)7-9-27-22(31)17-3-2-4-18(14-17)28-21(30)8-11-29-12-10-26-15-29/h2-6,10,12-15,23H,7-9,11H2,1H3,(H,27,31)(H,28,30). The fourth-order valence-corrected chi connectivity index (χ4v) is 3.10. The molecule has 2 aromatic carbocycles. The molecule has 0 spiro atoms. The molecule has 0 aliphatic heterocycles. The first-order valence-electron chi connectivity index (χ1n) is 10.2. The number of hydrogen-bond acceptors (Lipinski definition) is 5. The van der Waals surface area contributed by atoms with Gasteiger partial charge in [0.25, 0.3) is 5.91 Å². The molecular weight excluding hydrogens is 434 g/mol. The Hall–Kier alpha value is -3.95. The highest BCUT2D eigenvalue weighted by Crippen LogP contribution is 2.29. The number of nitrogens with one attached hydrogen (secondary N) is 2. The number of carbonyl (C=O) groups excluding carboxylic acids is 2. The molecule has 2 N–H and O–H groups in total. The molecule has 33 heavy (non-hydrogen) atoms. The van der Waals surface area contributed by atoms with E-state index in [-0.39, 0.29) is 36.3 Å². The second kappa shape index (κ2) is 11.6. The molecule has 0 saturated heterocycles. The summed E-state index contributed by atoms with van der Waals surface area (Å²) in [7, 11) is 1.36. The number of hydrogen-bond donors (Lipinski definition) is 2. The molecule has 8 nitrogen and oxygen atoms in total. The normalized spacial score (nSPS) is 10.7. The lowest BCUT2D eigenvalue weighted by Gasteiger charge is -2.12. The number of aromatic nitrogens is 2. The van der Waals surface area contributed by atoms with Crippen LogP contribution in [0.1, 0.15) is 22.3 Å². The molecule has 3 rings (SSSR count). The molecular formula is C23H24F2N4O4. The maximum absolute atomic E-state index is 12.6. The van der Waals surface area contributed by atoms with Crippen LogP contribution < -0.4 is 20.1 Å². The number of aryl methyl sites for hydroxylation is 1. The summed E-state index contributed by atoms with van der Waals surface area (Å²) in [6.07, 6.45) is 5.73. The Balaban J connectivity index is 1.51. The van der Waals surface area contributed by atoms with Crippen molar-refractivity contribution >= 4 is 17.5 Å². The van der Waals surface area contributed by atoms with E-state index >= 15 is 0 Å². The molecule has 0 fully saturated rings. The van der Waals surface area contributed by atoms with Crippen molar-refractivity contribution in [1.29, 1.82) is 0 Å². The maximum atomic E-state index is 12.6. The summed E-state index contributed by atoms with van der Waals surface area (Å²) in [6, 6.07) is 11.3. The van der Waals surface area contributed by atoms with Crippen molar-refractivity contribution in [3.63, 3.8) is 0 Å². The van der Waals surface area contributed by atoms with Crippen LogP contribution >= 0.6 is 0 Å². The third-order valence-corrected chi connectivity index (χ3v) is 4.71. The van der Waals surface area contributed by atoms with Crippen LogP contribution in [0.4, 0.5) is 14.5 Å². The van der Waals surface area contributed by atoms with Crippen molar-refractivity contribution in [2.75, 3.05) is 19.0 Å². The number of carbonyl (C=O) groups is 2. The van der Waals surface area contributed by atoms with Gasteiger partial charge in [0.2, 0.25) is 5.91 Å². The number of halogens is 2. The lowest BCUT2D eigenvalue weighted by molar-refractivity contribution is -0.116. The average molecular weight is 458 g/mol. The van der Waals surface area contributed by atoms with Gasteiger partial charge in [-0.05, 0) is 42.3 Å². The van der Waals surface area contributed by atoms with Crippen molar-refractivity contribution < 1.29 is 27.8 Å². The van der Waals surface area contributed by atoms with Gasteiger partial charge in [0.15, 0.2) is 11.5 Å². The van der Waals surface area contributed by atoms with Crippen LogP contribution in [0.3, 0.4) is 0 Å². The van der Waals surface area contributed by atoms with E-state index in [1.54, 1.807) is 53.6 Å². The number of amides is 2. The second-order valence-corrected chi connectivity index (χ2v) is 7.05. The number of rotatable bonds is 11. The number of imidazole rings is 1. The zero-order chi connectivity index (χ0) is 23.6. The van der Waals surface area contributed by atoms with E-state index in [2.05, 4.69) is 20.4 Å². The van der Waals surface area contributed by atoms with E-state index in [4.69, 9.17) is 4.74 Å². The highest BCUT2D eigenvalue weighted by atomic mass is 19.3. The molecule has 0 aliphatic carbocycles. The van der Waals surface area contributed by atoms with Gasteiger partial charge in [-0.15, -0.1) is 0 Å². The first-order chi connectivity index (χ1) is 15.9. The molecule has 0 radical (unpaired) electrons. The number of methoxy groups -OCH3 is 1. The Kier molecular flexibility index (Phi) is 8.34. The topological polar surface area (TPSA) is 94.5 Å². The Morgan fingerprint density at radius 3 is 2.73 bits per heavy atom. The van der Waals surface area contributed by atoms with Gasteiger partial charge < -0.3 is 24.7 Å². The third kappa shape index (κ3) is 7.30. The first kappa shape index (κ1) is 23.7. The average Bonchev–Trinajstić information content (AvgIpc) is 3.31. The number of alkyl halides is 2. The zero-order valence-corrected chi connectivity index (χ0v) is 18.0. The van der Waals surface area contributed by atoms with Crippen molar-refractivity contribution in [2.24, 2.45) is 0 Å². The van der Waals surface area contributed by atoms with Crippen LogP contribution in [0.25, 0.3) is 0 Å². The Labute approximate surface area is 189 Å². The van der Waals surface area contributed by atoms with Gasteiger partial charge in [0, 0.05) is 43.2 Å². The number of nitrogens with zero attached hydrogens (tertiary/aromatic N) is 2. The van der Waals surface area contributed by atoms with Gasteiger partial charge >= 0.3 is 6.61 Å². The quantitative estimate of drug-likeness (QED) is 0.459. The van der Waals surface area contributed by atoms with Gasteiger partial charge in [-0.25, -0.2) is 4.98 Å². The first-order valence-corrected chi connectivity index (χ1v) is 10.2. The summed E-state index contributed by atoms with van der Waals surface area (Å²) < 4.78 is 36.4. The highest BCUT2D eigenvalue weighted by molar-refractivity contribution is 5.97. The lowest BCUT2D eigenvalue weighted by atomic mass is 10.1. The molecule has 174 valence electrons. The minimum atomic E-state index is -2.97. The monoisotopic (exact) mass is 458 g/mol. The molecule has 3 aromatic rings. The molecule has 10 heteroatoms. The summed E-state index contributed by atoms with van der Waals surface area (Å²) in [5.41, 5.74) is 1.60. The number of benzene rings is 2. The van der Waals surface area contributed by atoms with Crippen molar-refractivity contribution in [3.8, 4) is 11.5 Å². The van der Waals surface area contributed by atoms with Gasteiger partial charge in [-0.3, -0.25) is 9.59 Å². The fraction of sp³-hybridized carbons (Fsp3) is 0.261. The number of anilines is 1. The van der Waals surface area contributed by atoms with Crippen molar-refractivity contribution in [2.45, 2.75) is 26.0 Å². The van der Waals surface area contributed by atoms with Gasteiger partial charge in [-0.2, -0.15) is 8.78 Å². The Bertz CT molecular complexity index is 1070. The minimum absolute atomic E-state index is 0.0622. The van der Waals surface area contributed by atoms with Crippen LogP contribution in [0.5, 0.6) is 11.5 Å². The van der Waals surface area contributed by atoms with Gasteiger partial charge in [0.05, 0.1) is 13.4 Å². The summed E-state index contributed by atoms with van der Waals surface area (Å²) in [6.45, 7) is -2.19. The summed E-state index contributed by atoms with van der Waals surface area (Å²) in [5.74, 6) is -0.357. The lowest BCUT2D eigenvalue weighted by Crippen LogP contribution is -2.25. The van der Waals surface area contributed by atoms with Gasteiger partial charge in [-0.1, -0.05) is 12.1 Å².